The largest absolute Gasteiger partial charge is 0.383 e. The Morgan fingerprint density at radius 2 is 2.08 bits per heavy atom. The number of rotatable bonds is 3. The van der Waals surface area contributed by atoms with Crippen LogP contribution in [0.4, 0.5) is 0 Å². The molecule has 68 valence electrons. The van der Waals surface area contributed by atoms with Crippen LogP contribution < -0.4 is 0 Å². The number of aliphatic hydroxyl groups is 1. The summed E-state index contributed by atoms with van der Waals surface area (Å²) in [5, 5.41) is 9.84. The van der Waals surface area contributed by atoms with Gasteiger partial charge in [0.2, 0.25) is 0 Å². The van der Waals surface area contributed by atoms with E-state index in [0.29, 0.717) is 0 Å². The molecule has 0 amide bonds. The molecule has 0 saturated heterocycles. The van der Waals surface area contributed by atoms with Crippen molar-refractivity contribution < 1.29 is 5.11 Å². The minimum Gasteiger partial charge on any atom is -0.383 e. The van der Waals surface area contributed by atoms with Gasteiger partial charge in [-0.15, -0.1) is 5.73 Å². The molecule has 0 fully saturated rings. The molecule has 0 radical (unpaired) electrons. The highest BCUT2D eigenvalue weighted by molar-refractivity contribution is 5.25. The molecular formula is C12H14O. The molecule has 0 aromatic heterocycles. The molecule has 1 heteroatoms. The third-order valence-corrected chi connectivity index (χ3v) is 2.05. The predicted octanol–water partition coefficient (Wildman–Crippen LogP) is 2.84. The van der Waals surface area contributed by atoms with Gasteiger partial charge < -0.3 is 5.11 Å². The van der Waals surface area contributed by atoms with Gasteiger partial charge in [-0.2, -0.15) is 0 Å². The van der Waals surface area contributed by atoms with E-state index in [2.05, 4.69) is 12.3 Å². The minimum absolute atomic E-state index is 0.552. The van der Waals surface area contributed by atoms with E-state index in [1.807, 2.05) is 37.3 Å². The van der Waals surface area contributed by atoms with Crippen LogP contribution in [0.2, 0.25) is 0 Å². The third-order valence-electron chi connectivity index (χ3n) is 2.05. The average molecular weight is 174 g/mol. The van der Waals surface area contributed by atoms with Crippen LogP contribution in [0.15, 0.2) is 48.2 Å². The number of hydrogen-bond donors (Lipinski definition) is 1. The lowest BCUT2D eigenvalue weighted by molar-refractivity contribution is 0.212. The van der Waals surface area contributed by atoms with Crippen molar-refractivity contribution in [2.75, 3.05) is 0 Å². The molecule has 1 N–H and O–H groups in total. The van der Waals surface area contributed by atoms with Crippen molar-refractivity contribution in [3.8, 4) is 0 Å². The summed E-state index contributed by atoms with van der Waals surface area (Å²) in [4.78, 5) is 0. The fraction of sp³-hybridized carbons (Fsp3) is 0.250. The normalized spacial score (nSPS) is 11.8. The Bertz CT molecular complexity index is 307. The second kappa shape index (κ2) is 4.66. The maximum absolute atomic E-state index is 9.84. The standard InChI is InChI=1S/C12H14O/c1-3-10(4-2)12(13)11-8-6-5-7-9-11/h5-9,12-13H,1,4H2,2H3. The second-order valence-corrected chi connectivity index (χ2v) is 2.87. The molecule has 0 bridgehead atoms. The lowest BCUT2D eigenvalue weighted by Gasteiger charge is -2.11. The van der Waals surface area contributed by atoms with Crippen LogP contribution >= 0.6 is 0 Å². The lowest BCUT2D eigenvalue weighted by Crippen LogP contribution is -1.99. The van der Waals surface area contributed by atoms with Gasteiger partial charge in [-0.25, -0.2) is 0 Å². The molecular weight excluding hydrogens is 160 g/mol. The highest BCUT2D eigenvalue weighted by Gasteiger charge is 2.09. The van der Waals surface area contributed by atoms with E-state index < -0.39 is 6.10 Å². The fourth-order valence-electron chi connectivity index (χ4n) is 1.25. The zero-order chi connectivity index (χ0) is 9.68. The summed E-state index contributed by atoms with van der Waals surface area (Å²) in [5.41, 5.74) is 4.50. The summed E-state index contributed by atoms with van der Waals surface area (Å²) in [7, 11) is 0. The molecule has 1 nitrogen and oxygen atoms in total. The van der Waals surface area contributed by atoms with Crippen LogP contribution in [-0.2, 0) is 0 Å². The maximum atomic E-state index is 9.84. The van der Waals surface area contributed by atoms with E-state index in [9.17, 15) is 5.11 Å². The van der Waals surface area contributed by atoms with Crippen molar-refractivity contribution in [1.82, 2.24) is 0 Å². The van der Waals surface area contributed by atoms with Gasteiger partial charge in [0, 0.05) is 5.57 Å². The van der Waals surface area contributed by atoms with Crippen LogP contribution in [0.3, 0.4) is 0 Å². The summed E-state index contributed by atoms with van der Waals surface area (Å²) in [5.74, 6) is 0. The first-order valence-electron chi connectivity index (χ1n) is 4.41. The zero-order valence-corrected chi connectivity index (χ0v) is 7.83. The Labute approximate surface area is 79.0 Å². The Kier molecular flexibility index (Phi) is 3.51. The van der Waals surface area contributed by atoms with Crippen molar-refractivity contribution in [1.29, 1.82) is 0 Å². The van der Waals surface area contributed by atoms with E-state index in [0.717, 1.165) is 17.6 Å². The Morgan fingerprint density at radius 1 is 1.46 bits per heavy atom. The molecule has 1 aromatic rings. The number of hydrogen-bond acceptors (Lipinski definition) is 1. The van der Waals surface area contributed by atoms with Crippen molar-refractivity contribution in [3.63, 3.8) is 0 Å². The molecule has 0 aliphatic rings. The van der Waals surface area contributed by atoms with Gasteiger partial charge in [-0.3, -0.25) is 0 Å². The zero-order valence-electron chi connectivity index (χ0n) is 7.83. The van der Waals surface area contributed by atoms with Crippen LogP contribution in [0, 0.1) is 0 Å². The topological polar surface area (TPSA) is 20.2 Å². The summed E-state index contributed by atoms with van der Waals surface area (Å²) >= 11 is 0. The third kappa shape index (κ3) is 2.32. The first-order valence-corrected chi connectivity index (χ1v) is 4.41. The van der Waals surface area contributed by atoms with E-state index in [-0.39, 0.29) is 0 Å². The summed E-state index contributed by atoms with van der Waals surface area (Å²) in [6.45, 7) is 5.54. The molecule has 0 aliphatic heterocycles. The van der Waals surface area contributed by atoms with Gasteiger partial charge in [-0.05, 0) is 12.0 Å². The Hall–Kier alpha value is -1.30. The lowest BCUT2D eigenvalue weighted by atomic mass is 10.0. The molecule has 0 aliphatic carbocycles. The van der Waals surface area contributed by atoms with Crippen LogP contribution in [0.5, 0.6) is 0 Å². The van der Waals surface area contributed by atoms with E-state index in [4.69, 9.17) is 0 Å². The highest BCUT2D eigenvalue weighted by Crippen LogP contribution is 2.22. The monoisotopic (exact) mass is 174 g/mol. The van der Waals surface area contributed by atoms with Crippen molar-refractivity contribution in [3.05, 3.63) is 53.8 Å². The van der Waals surface area contributed by atoms with Gasteiger partial charge in [0.1, 0.15) is 6.10 Å². The SMILES string of the molecule is C=C=C(CC)C(O)c1ccccc1. The smallest absolute Gasteiger partial charge is 0.107 e. The molecule has 0 saturated carbocycles. The van der Waals surface area contributed by atoms with Gasteiger partial charge in [0.05, 0.1) is 0 Å². The quantitative estimate of drug-likeness (QED) is 0.698. The first kappa shape index (κ1) is 9.79. The second-order valence-electron chi connectivity index (χ2n) is 2.87. The van der Waals surface area contributed by atoms with Crippen molar-refractivity contribution in [2.24, 2.45) is 0 Å². The van der Waals surface area contributed by atoms with Gasteiger partial charge in [-0.1, -0.05) is 43.8 Å². The van der Waals surface area contributed by atoms with Crippen molar-refractivity contribution in [2.45, 2.75) is 19.4 Å². The maximum Gasteiger partial charge on any atom is 0.107 e. The van der Waals surface area contributed by atoms with Crippen LogP contribution in [0.1, 0.15) is 25.0 Å². The van der Waals surface area contributed by atoms with E-state index in [1.165, 1.54) is 0 Å². The molecule has 1 unspecified atom stereocenters. The summed E-state index contributed by atoms with van der Waals surface area (Å²) in [6, 6.07) is 9.55. The minimum atomic E-state index is -0.552. The summed E-state index contributed by atoms with van der Waals surface area (Å²) in [6.07, 6.45) is 0.225. The van der Waals surface area contributed by atoms with Crippen LogP contribution in [0.25, 0.3) is 0 Å². The molecule has 0 spiro atoms. The number of aliphatic hydroxyl groups excluding tert-OH is 1. The highest BCUT2D eigenvalue weighted by atomic mass is 16.3. The molecule has 1 rings (SSSR count). The van der Waals surface area contributed by atoms with Crippen LogP contribution in [-0.4, -0.2) is 5.11 Å². The molecule has 13 heavy (non-hydrogen) atoms. The van der Waals surface area contributed by atoms with Crippen molar-refractivity contribution >= 4 is 0 Å². The molecule has 1 aromatic carbocycles. The van der Waals surface area contributed by atoms with E-state index in [1.54, 1.807) is 0 Å². The number of benzene rings is 1. The Balaban J connectivity index is 2.91. The van der Waals surface area contributed by atoms with Gasteiger partial charge >= 0.3 is 0 Å². The van der Waals surface area contributed by atoms with Gasteiger partial charge in [0.15, 0.2) is 0 Å². The summed E-state index contributed by atoms with van der Waals surface area (Å²) < 4.78 is 0. The molecule has 0 heterocycles. The average Bonchev–Trinajstić information content (AvgIpc) is 2.21. The molecule has 1 atom stereocenters. The van der Waals surface area contributed by atoms with E-state index >= 15 is 0 Å². The fourth-order valence-corrected chi connectivity index (χ4v) is 1.25. The predicted molar refractivity (Wildman–Crippen MR) is 54.3 cm³/mol. The van der Waals surface area contributed by atoms with Gasteiger partial charge in [0.25, 0.3) is 0 Å². The first-order chi connectivity index (χ1) is 6.29. The Morgan fingerprint density at radius 3 is 2.54 bits per heavy atom.